The molecule has 5 heteroatoms. The maximum Gasteiger partial charge on any atom is 0.419 e. The van der Waals surface area contributed by atoms with Crippen LogP contribution in [0.25, 0.3) is 11.1 Å². The highest BCUT2D eigenvalue weighted by atomic mass is 16.4. The molecule has 3 rings (SSSR count). The molecule has 0 aliphatic rings. The Bertz CT molecular complexity index is 824. The Kier molecular flexibility index (Phi) is 3.43. The molecule has 110 valence electrons. The molecule has 1 N–H and O–H groups in total. The fraction of sp³-hybridized carbons (Fsp3) is 0.312. The highest BCUT2D eigenvalue weighted by Gasteiger charge is 2.18. The van der Waals surface area contributed by atoms with Crippen LogP contribution in [0.2, 0.25) is 0 Å². The van der Waals surface area contributed by atoms with Crippen LogP contribution < -0.4 is 5.76 Å². The number of aromatic nitrogens is 1. The summed E-state index contributed by atoms with van der Waals surface area (Å²) in [6.07, 6.45) is 1.53. The van der Waals surface area contributed by atoms with E-state index in [-0.39, 0.29) is 5.76 Å². The maximum atomic E-state index is 11.8. The van der Waals surface area contributed by atoms with Crippen LogP contribution >= 0.6 is 0 Å². The lowest BCUT2D eigenvalue weighted by Gasteiger charge is -2.09. The maximum absolute atomic E-state index is 11.8. The Morgan fingerprint density at radius 1 is 1.33 bits per heavy atom. The number of hydrogen-bond donors (Lipinski definition) is 1. The van der Waals surface area contributed by atoms with Gasteiger partial charge in [0.25, 0.3) is 0 Å². The van der Waals surface area contributed by atoms with Crippen molar-refractivity contribution in [2.24, 2.45) is 0 Å². The van der Waals surface area contributed by atoms with E-state index < -0.39 is 6.10 Å². The van der Waals surface area contributed by atoms with Crippen LogP contribution in [-0.2, 0) is 6.54 Å². The number of rotatable bonds is 4. The van der Waals surface area contributed by atoms with Gasteiger partial charge < -0.3 is 13.9 Å². The van der Waals surface area contributed by atoms with E-state index in [0.29, 0.717) is 23.5 Å². The number of oxazole rings is 1. The summed E-state index contributed by atoms with van der Waals surface area (Å²) in [6, 6.07) is 7.08. The smallest absolute Gasteiger partial charge is 0.419 e. The van der Waals surface area contributed by atoms with E-state index >= 15 is 0 Å². The van der Waals surface area contributed by atoms with E-state index in [4.69, 9.17) is 8.83 Å². The third kappa shape index (κ3) is 2.29. The van der Waals surface area contributed by atoms with Gasteiger partial charge >= 0.3 is 5.76 Å². The van der Waals surface area contributed by atoms with Crippen molar-refractivity contribution >= 4 is 11.1 Å². The summed E-state index contributed by atoms with van der Waals surface area (Å²) in [5.41, 5.74) is 2.74. The second-order valence-corrected chi connectivity index (χ2v) is 5.12. The molecule has 0 aliphatic heterocycles. The summed E-state index contributed by atoms with van der Waals surface area (Å²) < 4.78 is 12.2. The van der Waals surface area contributed by atoms with Crippen molar-refractivity contribution < 1.29 is 13.9 Å². The van der Waals surface area contributed by atoms with Gasteiger partial charge in [-0.1, -0.05) is 13.0 Å². The molecular formula is C16H17NO4. The Balaban J connectivity index is 2.06. The monoisotopic (exact) mass is 287 g/mol. The standard InChI is InChI=1S/C16H17NO4/c1-3-7-17-12-5-4-11(9-13(12)21-16(17)19)14(18)15-10(2)6-8-20-15/h4-6,8-9,14,18H,3,7H2,1-2H3. The Labute approximate surface area is 121 Å². The topological polar surface area (TPSA) is 68.5 Å². The van der Waals surface area contributed by atoms with E-state index in [9.17, 15) is 9.90 Å². The normalized spacial score (nSPS) is 12.9. The Morgan fingerprint density at radius 3 is 2.81 bits per heavy atom. The van der Waals surface area contributed by atoms with Crippen LogP contribution in [-0.4, -0.2) is 9.67 Å². The number of furan rings is 1. The molecule has 1 atom stereocenters. The first-order chi connectivity index (χ1) is 10.1. The van der Waals surface area contributed by atoms with Crippen molar-refractivity contribution in [3.63, 3.8) is 0 Å². The van der Waals surface area contributed by atoms with Gasteiger partial charge in [-0.25, -0.2) is 4.79 Å². The molecule has 0 saturated carbocycles. The average Bonchev–Trinajstić information content (AvgIpc) is 3.02. The third-order valence-corrected chi connectivity index (χ3v) is 3.61. The minimum Gasteiger partial charge on any atom is -0.466 e. The molecule has 0 spiro atoms. The SMILES string of the molecule is CCCn1c(=O)oc2cc(C(O)c3occc3C)ccc21. The summed E-state index contributed by atoms with van der Waals surface area (Å²) in [6.45, 7) is 4.49. The van der Waals surface area contributed by atoms with Gasteiger partial charge in [0.15, 0.2) is 5.58 Å². The first kappa shape index (κ1) is 13.7. The predicted molar refractivity (Wildman–Crippen MR) is 78.3 cm³/mol. The highest BCUT2D eigenvalue weighted by Crippen LogP contribution is 2.27. The average molecular weight is 287 g/mol. The Hall–Kier alpha value is -2.27. The van der Waals surface area contributed by atoms with Gasteiger partial charge in [0.2, 0.25) is 0 Å². The zero-order valence-electron chi connectivity index (χ0n) is 12.0. The zero-order chi connectivity index (χ0) is 15.0. The van der Waals surface area contributed by atoms with Crippen molar-refractivity contribution in [3.8, 4) is 0 Å². The minimum atomic E-state index is -0.871. The quantitative estimate of drug-likeness (QED) is 0.801. The van der Waals surface area contributed by atoms with E-state index in [2.05, 4.69) is 0 Å². The second kappa shape index (κ2) is 5.26. The zero-order valence-corrected chi connectivity index (χ0v) is 12.0. The number of aliphatic hydroxyl groups excluding tert-OH is 1. The third-order valence-electron chi connectivity index (χ3n) is 3.61. The van der Waals surface area contributed by atoms with E-state index in [0.717, 1.165) is 17.5 Å². The Morgan fingerprint density at radius 2 is 2.14 bits per heavy atom. The van der Waals surface area contributed by atoms with Gasteiger partial charge in [-0.15, -0.1) is 0 Å². The number of fused-ring (bicyclic) bond motifs is 1. The van der Waals surface area contributed by atoms with Gasteiger partial charge in [0, 0.05) is 6.54 Å². The molecule has 0 radical (unpaired) electrons. The summed E-state index contributed by atoms with van der Waals surface area (Å²) in [7, 11) is 0. The number of hydrogen-bond acceptors (Lipinski definition) is 4. The van der Waals surface area contributed by atoms with Crippen molar-refractivity contribution in [1.29, 1.82) is 0 Å². The lowest BCUT2D eigenvalue weighted by Crippen LogP contribution is -2.13. The van der Waals surface area contributed by atoms with Gasteiger partial charge in [-0.2, -0.15) is 0 Å². The van der Waals surface area contributed by atoms with Crippen LogP contribution in [0.4, 0.5) is 0 Å². The molecule has 0 amide bonds. The largest absolute Gasteiger partial charge is 0.466 e. The van der Waals surface area contributed by atoms with E-state index in [1.54, 1.807) is 35.1 Å². The number of aryl methyl sites for hydroxylation is 2. The molecule has 3 aromatic rings. The van der Waals surface area contributed by atoms with Gasteiger partial charge in [-0.05, 0) is 42.7 Å². The summed E-state index contributed by atoms with van der Waals surface area (Å²) in [5.74, 6) is 0.136. The molecule has 2 aromatic heterocycles. The molecule has 0 aliphatic carbocycles. The molecule has 21 heavy (non-hydrogen) atoms. The first-order valence-corrected chi connectivity index (χ1v) is 6.97. The van der Waals surface area contributed by atoms with E-state index in [1.165, 1.54) is 0 Å². The minimum absolute atomic E-state index is 0.368. The number of aliphatic hydroxyl groups is 1. The van der Waals surface area contributed by atoms with Crippen LogP contribution in [0.5, 0.6) is 0 Å². The lowest BCUT2D eigenvalue weighted by atomic mass is 10.0. The van der Waals surface area contributed by atoms with Gasteiger partial charge in [0.05, 0.1) is 11.8 Å². The molecular weight excluding hydrogens is 270 g/mol. The van der Waals surface area contributed by atoms with Crippen LogP contribution in [0.3, 0.4) is 0 Å². The number of nitrogens with zero attached hydrogens (tertiary/aromatic N) is 1. The van der Waals surface area contributed by atoms with Crippen LogP contribution in [0, 0.1) is 6.92 Å². The predicted octanol–water partition coefficient (Wildman–Crippen LogP) is 2.99. The van der Waals surface area contributed by atoms with Gasteiger partial charge in [0.1, 0.15) is 11.9 Å². The van der Waals surface area contributed by atoms with Crippen LogP contribution in [0.1, 0.15) is 36.3 Å². The number of benzene rings is 1. The first-order valence-electron chi connectivity index (χ1n) is 6.97. The van der Waals surface area contributed by atoms with Crippen LogP contribution in [0.15, 0.2) is 44.2 Å². The fourth-order valence-corrected chi connectivity index (χ4v) is 2.50. The summed E-state index contributed by atoms with van der Waals surface area (Å²) >= 11 is 0. The van der Waals surface area contributed by atoms with Crippen molar-refractivity contribution in [2.45, 2.75) is 32.9 Å². The molecule has 5 nitrogen and oxygen atoms in total. The van der Waals surface area contributed by atoms with Gasteiger partial charge in [-0.3, -0.25) is 4.57 Å². The summed E-state index contributed by atoms with van der Waals surface area (Å²) in [5, 5.41) is 10.4. The molecule has 2 heterocycles. The second-order valence-electron chi connectivity index (χ2n) is 5.12. The van der Waals surface area contributed by atoms with Crippen molar-refractivity contribution in [3.05, 3.63) is 58.0 Å². The molecule has 0 fully saturated rings. The molecule has 1 aromatic carbocycles. The van der Waals surface area contributed by atoms with Crippen molar-refractivity contribution in [1.82, 2.24) is 4.57 Å². The van der Waals surface area contributed by atoms with E-state index in [1.807, 2.05) is 13.8 Å². The molecule has 0 saturated heterocycles. The van der Waals surface area contributed by atoms with Crippen molar-refractivity contribution in [2.75, 3.05) is 0 Å². The highest BCUT2D eigenvalue weighted by molar-refractivity contribution is 5.74. The molecule has 0 bridgehead atoms. The summed E-state index contributed by atoms with van der Waals surface area (Å²) in [4.78, 5) is 11.8. The lowest BCUT2D eigenvalue weighted by molar-refractivity contribution is 0.188. The fourth-order valence-electron chi connectivity index (χ4n) is 2.50. The molecule has 1 unspecified atom stereocenters.